The number of carboxylic acids is 1. The van der Waals surface area contributed by atoms with E-state index in [1.807, 2.05) is 60.7 Å². The first-order chi connectivity index (χ1) is 17.1. The molecule has 4 nitrogen and oxygen atoms in total. The number of carboxylic acid groups (broad SMARTS) is 1. The number of fused-ring (bicyclic) bond motifs is 1. The van der Waals surface area contributed by atoms with Crippen LogP contribution in [0.2, 0.25) is 0 Å². The van der Waals surface area contributed by atoms with Crippen LogP contribution in [0.5, 0.6) is 11.5 Å². The van der Waals surface area contributed by atoms with E-state index in [1.165, 1.54) is 10.9 Å². The fraction of sp³-hybridized carbons (Fsp3) is 0.0645. The van der Waals surface area contributed by atoms with Crippen molar-refractivity contribution in [2.75, 3.05) is 0 Å². The Morgan fingerprint density at radius 2 is 1.50 bits per heavy atom. The van der Waals surface area contributed by atoms with Gasteiger partial charge in [0.25, 0.3) is 0 Å². The van der Waals surface area contributed by atoms with Crippen LogP contribution in [0.15, 0.2) is 109 Å². The van der Waals surface area contributed by atoms with Crippen molar-refractivity contribution < 1.29 is 44.2 Å². The number of hydrogen-bond donors (Lipinski definition) is 1. The second kappa shape index (κ2) is 13.5. The Morgan fingerprint density at radius 3 is 2.14 bits per heavy atom. The molecule has 1 N–H and O–H groups in total. The summed E-state index contributed by atoms with van der Waals surface area (Å²) in [5.74, 6) is 0.907. The van der Waals surface area contributed by atoms with E-state index >= 15 is 0 Å². The summed E-state index contributed by atoms with van der Waals surface area (Å²) in [6.07, 6.45) is 6.70. The topological polar surface area (TPSA) is 51.5 Å². The Balaban J connectivity index is 0.000000551. The van der Waals surface area contributed by atoms with Crippen molar-refractivity contribution in [3.63, 3.8) is 0 Å². The first-order valence-electron chi connectivity index (χ1n) is 11.4. The number of benzene rings is 4. The van der Waals surface area contributed by atoms with Crippen LogP contribution in [0.1, 0.15) is 24.5 Å². The number of ether oxygens (including phenoxy) is 1. The second-order valence-corrected chi connectivity index (χ2v) is 7.80. The molecule has 5 heteroatoms. The van der Waals surface area contributed by atoms with E-state index in [0.717, 1.165) is 28.3 Å². The van der Waals surface area contributed by atoms with Gasteiger partial charge < -0.3 is 14.4 Å². The predicted octanol–water partition coefficient (Wildman–Crippen LogP) is 4.88. The number of aromatic nitrogens is 1. The smallest absolute Gasteiger partial charge is 0.481 e. The van der Waals surface area contributed by atoms with Gasteiger partial charge in [-0.05, 0) is 42.0 Å². The second-order valence-electron chi connectivity index (χ2n) is 7.80. The van der Waals surface area contributed by atoms with Gasteiger partial charge in [0.1, 0.15) is 11.5 Å². The van der Waals surface area contributed by atoms with Crippen LogP contribution in [0.3, 0.4) is 0 Å². The van der Waals surface area contributed by atoms with Gasteiger partial charge in [-0.3, -0.25) is 4.79 Å². The Kier molecular flexibility index (Phi) is 10.1. The first kappa shape index (κ1) is 27.0. The summed E-state index contributed by atoms with van der Waals surface area (Å²) < 4.78 is 8.13. The predicted molar refractivity (Wildman–Crippen MR) is 142 cm³/mol. The van der Waals surface area contributed by atoms with E-state index in [1.54, 1.807) is 6.92 Å². The molecule has 0 fully saturated rings. The normalized spacial score (nSPS) is 10.4. The molecular formula is C31H26NNaO3. The number of nitrogens with zero attached hydrogens (tertiary/aromatic N) is 1. The summed E-state index contributed by atoms with van der Waals surface area (Å²) in [6, 6.07) is 37.6. The molecule has 0 spiro atoms. The van der Waals surface area contributed by atoms with E-state index < -0.39 is 5.97 Å². The van der Waals surface area contributed by atoms with Gasteiger partial charge in [-0.15, -0.1) is 11.5 Å². The molecule has 0 radical (unpaired) electrons. The molecule has 0 saturated heterocycles. The van der Waals surface area contributed by atoms with Crippen molar-refractivity contribution in [2.45, 2.75) is 13.3 Å². The maximum Gasteiger partial charge on any atom is 1.00 e. The fourth-order valence-corrected chi connectivity index (χ4v) is 3.54. The molecule has 0 amide bonds. The van der Waals surface area contributed by atoms with Gasteiger partial charge >= 0.3 is 35.5 Å². The van der Waals surface area contributed by atoms with Crippen LogP contribution < -0.4 is 34.3 Å². The monoisotopic (exact) mass is 483 g/mol. The molecular weight excluding hydrogens is 457 g/mol. The summed E-state index contributed by atoms with van der Waals surface area (Å²) in [4.78, 5) is 9.37. The van der Waals surface area contributed by atoms with Crippen LogP contribution in [0.25, 0.3) is 28.7 Å². The maximum atomic E-state index is 9.37. The minimum absolute atomic E-state index is 0. The van der Waals surface area contributed by atoms with Gasteiger partial charge in [-0.1, -0.05) is 78.7 Å². The molecule has 1 aromatic heterocycles. The van der Waals surface area contributed by atoms with Gasteiger partial charge in [-0.25, -0.2) is 0 Å². The Bertz CT molecular complexity index is 1410. The Labute approximate surface area is 233 Å². The molecule has 4 aromatic carbocycles. The van der Waals surface area contributed by atoms with Gasteiger partial charge in [-0.2, -0.15) is 18.2 Å². The minimum atomic E-state index is -0.745. The van der Waals surface area contributed by atoms with Crippen LogP contribution in [-0.4, -0.2) is 15.6 Å². The zero-order valence-corrected chi connectivity index (χ0v) is 22.5. The quantitative estimate of drug-likeness (QED) is 0.277. The van der Waals surface area contributed by atoms with E-state index in [0.29, 0.717) is 0 Å². The van der Waals surface area contributed by atoms with Crippen molar-refractivity contribution >= 4 is 29.0 Å². The Morgan fingerprint density at radius 1 is 0.889 bits per heavy atom. The van der Waals surface area contributed by atoms with Crippen LogP contribution >= 0.6 is 0 Å². The van der Waals surface area contributed by atoms with Gasteiger partial charge in [0.15, 0.2) is 0 Å². The van der Waals surface area contributed by atoms with Crippen LogP contribution in [-0.2, 0) is 4.79 Å². The average Bonchev–Trinajstić information content (AvgIpc) is 3.28. The molecule has 5 rings (SSSR count). The SMILES string of the molecule is CCC(=O)O.[Na+].[c-]1ccc2c(c1)c(C=Cc1ccccc1)cn2-c1ccc(Oc2ccccc2)cc1. The molecule has 0 aliphatic heterocycles. The van der Waals surface area contributed by atoms with Crippen molar-refractivity contribution in [2.24, 2.45) is 0 Å². The third-order valence-corrected chi connectivity index (χ3v) is 5.33. The molecule has 0 aliphatic rings. The van der Waals surface area contributed by atoms with E-state index in [-0.39, 0.29) is 36.0 Å². The summed E-state index contributed by atoms with van der Waals surface area (Å²) >= 11 is 0. The summed E-state index contributed by atoms with van der Waals surface area (Å²) in [6.45, 7) is 1.60. The van der Waals surface area contributed by atoms with Gasteiger partial charge in [0.2, 0.25) is 0 Å². The van der Waals surface area contributed by atoms with Gasteiger partial charge in [0.05, 0.1) is 0 Å². The standard InChI is InChI=1S/C28H20NO.C3H6O2.Na/c1-3-9-22(10-4-1)15-16-23-21-29(28-14-8-7-13-27(23)28)24-17-19-26(20-18-24)30-25-11-5-2-6-12-25;1-2-3(4)5;/h1-6,8-21H;2H2,1H3,(H,4,5);/q-1;;+1. The number of hydrogen-bond acceptors (Lipinski definition) is 2. The first-order valence-corrected chi connectivity index (χ1v) is 11.4. The minimum Gasteiger partial charge on any atom is -0.481 e. The van der Waals surface area contributed by atoms with E-state index in [2.05, 4.69) is 71.4 Å². The Hall–Kier alpha value is -3.57. The third-order valence-electron chi connectivity index (χ3n) is 5.33. The zero-order valence-electron chi connectivity index (χ0n) is 20.5. The number of aliphatic carboxylic acids is 1. The molecule has 0 atom stereocenters. The molecule has 1 heterocycles. The largest absolute Gasteiger partial charge is 1.00 e. The average molecular weight is 484 g/mol. The molecule has 5 aromatic rings. The van der Waals surface area contributed by atoms with Crippen molar-refractivity contribution in [3.05, 3.63) is 127 Å². The molecule has 0 bridgehead atoms. The number of rotatable bonds is 6. The molecule has 0 unspecified atom stereocenters. The molecule has 0 saturated carbocycles. The van der Waals surface area contributed by atoms with Crippen LogP contribution in [0, 0.1) is 6.07 Å². The third kappa shape index (κ3) is 7.22. The summed E-state index contributed by atoms with van der Waals surface area (Å²) in [5.41, 5.74) is 4.58. The summed E-state index contributed by atoms with van der Waals surface area (Å²) in [7, 11) is 0. The number of para-hydroxylation sites is 1. The summed E-state index contributed by atoms with van der Waals surface area (Å²) in [5, 5.41) is 8.90. The molecule has 174 valence electrons. The van der Waals surface area contributed by atoms with Gasteiger partial charge in [0, 0.05) is 18.3 Å². The van der Waals surface area contributed by atoms with Crippen molar-refractivity contribution in [1.82, 2.24) is 4.57 Å². The van der Waals surface area contributed by atoms with Crippen molar-refractivity contribution in [3.8, 4) is 17.2 Å². The maximum absolute atomic E-state index is 9.37. The molecule has 0 aliphatic carbocycles. The fourth-order valence-electron chi connectivity index (χ4n) is 3.54. The van der Waals surface area contributed by atoms with E-state index in [9.17, 15) is 4.79 Å². The molecule has 36 heavy (non-hydrogen) atoms. The van der Waals surface area contributed by atoms with Crippen molar-refractivity contribution in [1.29, 1.82) is 0 Å². The zero-order chi connectivity index (χ0) is 24.5. The number of carbonyl (C=O) groups is 1. The van der Waals surface area contributed by atoms with Crippen LogP contribution in [0.4, 0.5) is 0 Å². The van der Waals surface area contributed by atoms with E-state index in [4.69, 9.17) is 9.84 Å².